The average molecular weight is 440 g/mol. The second-order valence-corrected chi connectivity index (χ2v) is 7.43. The summed E-state index contributed by atoms with van der Waals surface area (Å²) < 4.78 is 38.0. The number of carbonyl (C=O) groups is 2. The molecule has 5 nitrogen and oxygen atoms in total. The van der Waals surface area contributed by atoms with Crippen LogP contribution < -0.4 is 10.6 Å². The molecule has 3 rings (SSSR count). The number of benzene rings is 2. The number of likely N-dealkylation sites (tertiary alicyclic amines) is 1. The quantitative estimate of drug-likeness (QED) is 0.704. The van der Waals surface area contributed by atoms with Crippen LogP contribution in [0.2, 0.25) is 5.02 Å². The molecule has 2 amide bonds. The van der Waals surface area contributed by atoms with Gasteiger partial charge in [-0.1, -0.05) is 23.7 Å². The molecule has 9 heteroatoms. The van der Waals surface area contributed by atoms with E-state index in [0.29, 0.717) is 5.56 Å². The predicted octanol–water partition coefficient (Wildman–Crippen LogP) is 4.32. The SMILES string of the molecule is O=C(CNc1ccc(C(F)(F)F)cc1Cl)NCc1ccc(C(=O)N2CCCC2)cc1. The molecule has 0 aromatic heterocycles. The van der Waals surface area contributed by atoms with E-state index in [9.17, 15) is 22.8 Å². The Balaban J connectivity index is 1.47. The molecule has 0 saturated carbocycles. The van der Waals surface area contributed by atoms with Crippen LogP contribution >= 0.6 is 11.6 Å². The Labute approximate surface area is 177 Å². The Kier molecular flexibility index (Phi) is 6.87. The molecular weight excluding hydrogens is 419 g/mol. The summed E-state index contributed by atoms with van der Waals surface area (Å²) in [6.07, 6.45) is -2.42. The van der Waals surface area contributed by atoms with Gasteiger partial charge in [-0.05, 0) is 48.7 Å². The lowest BCUT2D eigenvalue weighted by atomic mass is 10.1. The van der Waals surface area contributed by atoms with Gasteiger partial charge in [0.05, 0.1) is 22.8 Å². The van der Waals surface area contributed by atoms with Gasteiger partial charge < -0.3 is 15.5 Å². The van der Waals surface area contributed by atoms with Crippen LogP contribution in [0.4, 0.5) is 18.9 Å². The van der Waals surface area contributed by atoms with Crippen molar-refractivity contribution < 1.29 is 22.8 Å². The van der Waals surface area contributed by atoms with Gasteiger partial charge in [-0.3, -0.25) is 9.59 Å². The van der Waals surface area contributed by atoms with Crippen molar-refractivity contribution >= 4 is 29.1 Å². The number of amides is 2. The summed E-state index contributed by atoms with van der Waals surface area (Å²) in [4.78, 5) is 26.2. The van der Waals surface area contributed by atoms with Gasteiger partial charge in [-0.2, -0.15) is 13.2 Å². The number of carbonyl (C=O) groups excluding carboxylic acids is 2. The highest BCUT2D eigenvalue weighted by Gasteiger charge is 2.30. The Morgan fingerprint density at radius 1 is 1.03 bits per heavy atom. The number of hydrogen-bond acceptors (Lipinski definition) is 3. The van der Waals surface area contributed by atoms with Crippen LogP contribution in [0.3, 0.4) is 0 Å². The summed E-state index contributed by atoms with van der Waals surface area (Å²) in [5.41, 5.74) is 0.832. The number of hydrogen-bond donors (Lipinski definition) is 2. The van der Waals surface area contributed by atoms with E-state index in [-0.39, 0.29) is 35.6 Å². The molecular formula is C21H21ClF3N3O2. The molecule has 2 aromatic rings. The molecule has 1 heterocycles. The third-order valence-electron chi connectivity index (χ3n) is 4.82. The number of alkyl halides is 3. The summed E-state index contributed by atoms with van der Waals surface area (Å²) in [6, 6.07) is 9.94. The molecule has 2 N–H and O–H groups in total. The van der Waals surface area contributed by atoms with Crippen LogP contribution in [0.1, 0.15) is 34.3 Å². The Morgan fingerprint density at radius 2 is 1.70 bits per heavy atom. The molecule has 1 fully saturated rings. The fourth-order valence-corrected chi connectivity index (χ4v) is 3.39. The normalized spacial score (nSPS) is 13.9. The summed E-state index contributed by atoms with van der Waals surface area (Å²) in [7, 11) is 0. The molecule has 0 aliphatic carbocycles. The van der Waals surface area contributed by atoms with Gasteiger partial charge in [0.1, 0.15) is 0 Å². The van der Waals surface area contributed by atoms with E-state index in [1.165, 1.54) is 6.07 Å². The maximum atomic E-state index is 12.7. The van der Waals surface area contributed by atoms with E-state index in [2.05, 4.69) is 10.6 Å². The first-order valence-corrected chi connectivity index (χ1v) is 9.87. The first kappa shape index (κ1) is 22.0. The van der Waals surface area contributed by atoms with Crippen LogP contribution in [-0.4, -0.2) is 36.3 Å². The summed E-state index contributed by atoms with van der Waals surface area (Å²) in [6.45, 7) is 1.69. The Morgan fingerprint density at radius 3 is 2.30 bits per heavy atom. The topological polar surface area (TPSA) is 61.4 Å². The molecule has 2 aromatic carbocycles. The van der Waals surface area contributed by atoms with E-state index in [4.69, 9.17) is 11.6 Å². The zero-order valence-electron chi connectivity index (χ0n) is 16.1. The van der Waals surface area contributed by atoms with E-state index >= 15 is 0 Å². The van der Waals surface area contributed by atoms with Crippen molar-refractivity contribution in [3.8, 4) is 0 Å². The lowest BCUT2D eigenvalue weighted by Crippen LogP contribution is -2.29. The molecule has 0 bridgehead atoms. The molecule has 0 spiro atoms. The third-order valence-corrected chi connectivity index (χ3v) is 5.13. The van der Waals surface area contributed by atoms with Gasteiger partial charge in [-0.15, -0.1) is 0 Å². The van der Waals surface area contributed by atoms with Crippen molar-refractivity contribution in [2.24, 2.45) is 0 Å². The first-order chi connectivity index (χ1) is 14.2. The van der Waals surface area contributed by atoms with E-state index in [0.717, 1.165) is 43.6 Å². The molecule has 0 radical (unpaired) electrons. The molecule has 1 aliphatic heterocycles. The van der Waals surface area contributed by atoms with Gasteiger partial charge in [-0.25, -0.2) is 0 Å². The molecule has 1 aliphatic rings. The van der Waals surface area contributed by atoms with Crippen molar-refractivity contribution in [1.29, 1.82) is 0 Å². The Hall–Kier alpha value is -2.74. The molecule has 1 saturated heterocycles. The van der Waals surface area contributed by atoms with E-state index in [1.807, 2.05) is 4.90 Å². The molecule has 30 heavy (non-hydrogen) atoms. The van der Waals surface area contributed by atoms with Gasteiger partial charge in [0.25, 0.3) is 5.91 Å². The van der Waals surface area contributed by atoms with Crippen molar-refractivity contribution in [2.45, 2.75) is 25.6 Å². The van der Waals surface area contributed by atoms with Crippen molar-refractivity contribution in [1.82, 2.24) is 10.2 Å². The van der Waals surface area contributed by atoms with Gasteiger partial charge in [0.15, 0.2) is 0 Å². The fraction of sp³-hybridized carbons (Fsp3) is 0.333. The summed E-state index contributed by atoms with van der Waals surface area (Å²) in [5, 5.41) is 5.31. The first-order valence-electron chi connectivity index (χ1n) is 9.49. The Bertz CT molecular complexity index is 911. The molecule has 160 valence electrons. The third kappa shape index (κ3) is 5.66. The minimum absolute atomic E-state index is 0.0145. The van der Waals surface area contributed by atoms with Crippen LogP contribution in [0, 0.1) is 0 Å². The van der Waals surface area contributed by atoms with Crippen LogP contribution in [-0.2, 0) is 17.5 Å². The maximum Gasteiger partial charge on any atom is 0.416 e. The van der Waals surface area contributed by atoms with Crippen LogP contribution in [0.5, 0.6) is 0 Å². The smallest absolute Gasteiger partial charge is 0.375 e. The number of halogens is 4. The standard InChI is InChI=1S/C21H21ClF3N3O2/c22-17-11-16(21(23,24)25)7-8-18(17)26-13-19(29)27-12-14-3-5-15(6-4-14)20(30)28-9-1-2-10-28/h3-8,11,26H,1-2,9-10,12-13H2,(H,27,29). The lowest BCUT2D eigenvalue weighted by molar-refractivity contribution is -0.137. The summed E-state index contributed by atoms with van der Waals surface area (Å²) >= 11 is 5.85. The second kappa shape index (κ2) is 9.38. The largest absolute Gasteiger partial charge is 0.416 e. The zero-order valence-corrected chi connectivity index (χ0v) is 16.8. The highest BCUT2D eigenvalue weighted by Crippen LogP contribution is 2.33. The van der Waals surface area contributed by atoms with E-state index in [1.54, 1.807) is 24.3 Å². The van der Waals surface area contributed by atoms with E-state index < -0.39 is 11.7 Å². The van der Waals surface area contributed by atoms with Gasteiger partial charge in [0, 0.05) is 25.2 Å². The zero-order chi connectivity index (χ0) is 21.7. The number of rotatable bonds is 6. The second-order valence-electron chi connectivity index (χ2n) is 7.02. The van der Waals surface area contributed by atoms with Gasteiger partial charge in [0.2, 0.25) is 5.91 Å². The van der Waals surface area contributed by atoms with Gasteiger partial charge >= 0.3 is 6.18 Å². The van der Waals surface area contributed by atoms with Crippen molar-refractivity contribution in [2.75, 3.05) is 25.0 Å². The average Bonchev–Trinajstić information content (AvgIpc) is 3.25. The number of anilines is 1. The molecule has 0 atom stereocenters. The highest BCUT2D eigenvalue weighted by atomic mass is 35.5. The van der Waals surface area contributed by atoms with Crippen molar-refractivity contribution in [3.05, 3.63) is 64.2 Å². The monoisotopic (exact) mass is 439 g/mol. The predicted molar refractivity (Wildman–Crippen MR) is 108 cm³/mol. The minimum atomic E-state index is -4.48. The fourth-order valence-electron chi connectivity index (χ4n) is 3.14. The highest BCUT2D eigenvalue weighted by molar-refractivity contribution is 6.33. The number of nitrogens with one attached hydrogen (secondary N) is 2. The molecule has 0 unspecified atom stereocenters. The lowest BCUT2D eigenvalue weighted by Gasteiger charge is -2.15. The van der Waals surface area contributed by atoms with Crippen LogP contribution in [0.15, 0.2) is 42.5 Å². The van der Waals surface area contributed by atoms with Crippen LogP contribution in [0.25, 0.3) is 0 Å². The summed E-state index contributed by atoms with van der Waals surface area (Å²) in [5.74, 6) is -0.330. The van der Waals surface area contributed by atoms with Crippen molar-refractivity contribution in [3.63, 3.8) is 0 Å². The number of nitrogens with zero attached hydrogens (tertiary/aromatic N) is 1. The maximum absolute atomic E-state index is 12.7. The minimum Gasteiger partial charge on any atom is -0.375 e.